The van der Waals surface area contributed by atoms with Gasteiger partial charge in [-0.05, 0) is 12.1 Å². The zero-order valence-electron chi connectivity index (χ0n) is 15.6. The molecule has 2 heterocycles. The molecule has 0 unspecified atom stereocenters. The molecular weight excluding hydrogens is 360 g/mol. The van der Waals surface area contributed by atoms with Crippen molar-refractivity contribution in [2.75, 3.05) is 39.3 Å². The average molecular weight is 385 g/mol. The number of benzene rings is 1. The fourth-order valence-electron chi connectivity index (χ4n) is 3.14. The van der Waals surface area contributed by atoms with Gasteiger partial charge in [0.2, 0.25) is 11.8 Å². The molecule has 3 rings (SSSR count). The molecule has 0 saturated carbocycles. The van der Waals surface area contributed by atoms with Crippen LogP contribution in [0.3, 0.4) is 0 Å². The van der Waals surface area contributed by atoms with Gasteiger partial charge in [0, 0.05) is 5.56 Å². The standard InChI is InChI=1S/C20H24N4O4/c25-18(13-22-20(27)17-7-4-12-28-17)21-14-19(26)24-10-8-23(9-11-24)15-16-5-2-1-3-6-16/h1-7,12H,8-11,13-15H2,(H,21,25)(H,22,27)/p+1. The van der Waals surface area contributed by atoms with E-state index in [4.69, 9.17) is 4.42 Å². The molecule has 8 nitrogen and oxygen atoms in total. The Morgan fingerprint density at radius 1 is 0.964 bits per heavy atom. The summed E-state index contributed by atoms with van der Waals surface area (Å²) in [6, 6.07) is 13.4. The number of nitrogens with one attached hydrogen (secondary N) is 3. The largest absolute Gasteiger partial charge is 0.459 e. The summed E-state index contributed by atoms with van der Waals surface area (Å²) in [4.78, 5) is 39.0. The second-order valence-electron chi connectivity index (χ2n) is 6.73. The van der Waals surface area contributed by atoms with Crippen LogP contribution in [0.4, 0.5) is 0 Å². The Labute approximate surface area is 163 Å². The van der Waals surface area contributed by atoms with E-state index < -0.39 is 11.8 Å². The highest BCUT2D eigenvalue weighted by atomic mass is 16.3. The van der Waals surface area contributed by atoms with E-state index in [1.54, 1.807) is 11.0 Å². The van der Waals surface area contributed by atoms with Gasteiger partial charge in [0.25, 0.3) is 5.91 Å². The minimum Gasteiger partial charge on any atom is -0.459 e. The molecule has 3 amide bonds. The molecule has 1 aliphatic heterocycles. The number of rotatable bonds is 7. The van der Waals surface area contributed by atoms with E-state index in [2.05, 4.69) is 22.8 Å². The van der Waals surface area contributed by atoms with Crippen LogP contribution in [-0.2, 0) is 16.1 Å². The third kappa shape index (κ3) is 5.68. The van der Waals surface area contributed by atoms with Crippen molar-refractivity contribution in [3.8, 4) is 0 Å². The van der Waals surface area contributed by atoms with Crippen LogP contribution in [-0.4, -0.2) is 61.9 Å². The highest BCUT2D eigenvalue weighted by molar-refractivity contribution is 5.94. The summed E-state index contributed by atoms with van der Waals surface area (Å²) >= 11 is 0. The zero-order valence-corrected chi connectivity index (χ0v) is 15.6. The van der Waals surface area contributed by atoms with Gasteiger partial charge >= 0.3 is 0 Å². The summed E-state index contributed by atoms with van der Waals surface area (Å²) in [6.07, 6.45) is 1.38. The van der Waals surface area contributed by atoms with Gasteiger partial charge in [-0.25, -0.2) is 0 Å². The maximum absolute atomic E-state index is 12.3. The minimum absolute atomic E-state index is 0.0660. The summed E-state index contributed by atoms with van der Waals surface area (Å²) in [5.41, 5.74) is 1.29. The van der Waals surface area contributed by atoms with Crippen molar-refractivity contribution < 1.29 is 23.7 Å². The molecule has 2 aromatic rings. The fourth-order valence-corrected chi connectivity index (χ4v) is 3.14. The van der Waals surface area contributed by atoms with Crippen LogP contribution in [0.5, 0.6) is 0 Å². The molecule has 0 spiro atoms. The SMILES string of the molecule is O=C(CNC(=O)c1ccco1)NCC(=O)N1CC[NH+](Cc2ccccc2)CC1. The Morgan fingerprint density at radius 2 is 1.71 bits per heavy atom. The van der Waals surface area contributed by atoms with E-state index in [9.17, 15) is 14.4 Å². The Bertz CT molecular complexity index is 784. The van der Waals surface area contributed by atoms with Gasteiger partial charge in [0.1, 0.15) is 6.54 Å². The van der Waals surface area contributed by atoms with E-state index in [-0.39, 0.29) is 24.8 Å². The smallest absolute Gasteiger partial charge is 0.287 e. The van der Waals surface area contributed by atoms with E-state index in [0.29, 0.717) is 13.1 Å². The van der Waals surface area contributed by atoms with Gasteiger partial charge in [-0.1, -0.05) is 30.3 Å². The summed E-state index contributed by atoms with van der Waals surface area (Å²) in [5.74, 6) is -0.852. The fraction of sp³-hybridized carbons (Fsp3) is 0.350. The summed E-state index contributed by atoms with van der Waals surface area (Å²) < 4.78 is 4.94. The predicted octanol–water partition coefficient (Wildman–Crippen LogP) is -0.947. The molecule has 1 fully saturated rings. The molecule has 0 aliphatic carbocycles. The lowest BCUT2D eigenvalue weighted by atomic mass is 10.2. The number of carbonyl (C=O) groups excluding carboxylic acids is 3. The number of hydrogen-bond acceptors (Lipinski definition) is 4. The maximum Gasteiger partial charge on any atom is 0.287 e. The Balaban J connectivity index is 1.33. The van der Waals surface area contributed by atoms with Crippen LogP contribution >= 0.6 is 0 Å². The van der Waals surface area contributed by atoms with E-state index >= 15 is 0 Å². The van der Waals surface area contributed by atoms with Crippen molar-refractivity contribution >= 4 is 17.7 Å². The number of hydrogen-bond donors (Lipinski definition) is 3. The van der Waals surface area contributed by atoms with Gasteiger partial charge in [-0.2, -0.15) is 0 Å². The second kappa shape index (κ2) is 9.70. The number of nitrogens with zero attached hydrogens (tertiary/aromatic N) is 1. The Morgan fingerprint density at radius 3 is 2.39 bits per heavy atom. The highest BCUT2D eigenvalue weighted by Crippen LogP contribution is 1.99. The van der Waals surface area contributed by atoms with Crippen LogP contribution in [0.2, 0.25) is 0 Å². The summed E-state index contributed by atoms with van der Waals surface area (Å²) in [6.45, 7) is 3.79. The first-order valence-corrected chi connectivity index (χ1v) is 9.35. The van der Waals surface area contributed by atoms with Crippen molar-refractivity contribution in [2.24, 2.45) is 0 Å². The van der Waals surface area contributed by atoms with Gasteiger partial charge in [-0.3, -0.25) is 14.4 Å². The molecule has 1 aromatic heterocycles. The number of piperazine rings is 1. The molecule has 1 aromatic carbocycles. The molecule has 1 saturated heterocycles. The van der Waals surface area contributed by atoms with E-state index in [1.165, 1.54) is 22.8 Å². The maximum atomic E-state index is 12.3. The first kappa shape index (κ1) is 19.6. The van der Waals surface area contributed by atoms with Crippen LogP contribution < -0.4 is 15.5 Å². The molecule has 0 radical (unpaired) electrons. The van der Waals surface area contributed by atoms with Gasteiger partial charge < -0.3 is 24.9 Å². The molecule has 3 N–H and O–H groups in total. The van der Waals surface area contributed by atoms with Gasteiger partial charge in [-0.15, -0.1) is 0 Å². The molecular formula is C20H25N4O4+. The molecule has 0 bridgehead atoms. The lowest BCUT2D eigenvalue weighted by Gasteiger charge is -2.32. The molecule has 1 aliphatic rings. The van der Waals surface area contributed by atoms with Crippen LogP contribution in [0, 0.1) is 0 Å². The normalized spacial score (nSPS) is 14.5. The third-order valence-electron chi connectivity index (χ3n) is 4.71. The number of furan rings is 1. The minimum atomic E-state index is -0.469. The topological polar surface area (TPSA) is 96.1 Å². The molecule has 0 atom stereocenters. The lowest BCUT2D eigenvalue weighted by molar-refractivity contribution is -0.917. The van der Waals surface area contributed by atoms with Crippen molar-refractivity contribution in [1.82, 2.24) is 15.5 Å². The first-order chi connectivity index (χ1) is 13.6. The monoisotopic (exact) mass is 385 g/mol. The summed E-state index contributed by atoms with van der Waals surface area (Å²) in [5, 5.41) is 4.99. The van der Waals surface area contributed by atoms with Gasteiger partial charge in [0.15, 0.2) is 5.76 Å². The molecule has 8 heteroatoms. The quantitative estimate of drug-likeness (QED) is 0.573. The molecule has 28 heavy (non-hydrogen) atoms. The lowest BCUT2D eigenvalue weighted by Crippen LogP contribution is -3.13. The van der Waals surface area contributed by atoms with Crippen molar-refractivity contribution in [2.45, 2.75) is 6.54 Å². The van der Waals surface area contributed by atoms with E-state index in [0.717, 1.165) is 19.6 Å². The zero-order chi connectivity index (χ0) is 19.8. The van der Waals surface area contributed by atoms with Crippen molar-refractivity contribution in [1.29, 1.82) is 0 Å². The summed E-state index contributed by atoms with van der Waals surface area (Å²) in [7, 11) is 0. The Hall–Kier alpha value is -3.13. The Kier molecular flexibility index (Phi) is 6.80. The van der Waals surface area contributed by atoms with Crippen molar-refractivity contribution in [3.05, 3.63) is 60.1 Å². The van der Waals surface area contributed by atoms with E-state index in [1.807, 2.05) is 18.2 Å². The molecule has 148 valence electrons. The average Bonchev–Trinajstić information content (AvgIpc) is 3.26. The first-order valence-electron chi connectivity index (χ1n) is 9.35. The van der Waals surface area contributed by atoms with Crippen LogP contribution in [0.25, 0.3) is 0 Å². The number of amides is 3. The van der Waals surface area contributed by atoms with Crippen molar-refractivity contribution in [3.63, 3.8) is 0 Å². The number of carbonyl (C=O) groups is 3. The number of quaternary nitrogens is 1. The highest BCUT2D eigenvalue weighted by Gasteiger charge is 2.23. The predicted molar refractivity (Wildman–Crippen MR) is 101 cm³/mol. The van der Waals surface area contributed by atoms with Crippen LogP contribution in [0.1, 0.15) is 16.1 Å². The van der Waals surface area contributed by atoms with Gasteiger partial charge in [0.05, 0.1) is 45.5 Å². The second-order valence-corrected chi connectivity index (χ2v) is 6.73. The van der Waals surface area contributed by atoms with Crippen LogP contribution in [0.15, 0.2) is 53.1 Å². The third-order valence-corrected chi connectivity index (χ3v) is 4.71.